The van der Waals surface area contributed by atoms with Gasteiger partial charge in [0.2, 0.25) is 0 Å². The van der Waals surface area contributed by atoms with Gasteiger partial charge in [0.15, 0.2) is 11.5 Å². The Bertz CT molecular complexity index is 291. The quantitative estimate of drug-likeness (QED) is 0.649. The first kappa shape index (κ1) is 12.8. The SMILES string of the molecule is CCOc1ccccc1OCCNCCO. The number of benzene rings is 1. The van der Waals surface area contributed by atoms with Gasteiger partial charge in [0.05, 0.1) is 13.2 Å². The van der Waals surface area contributed by atoms with E-state index in [0.29, 0.717) is 26.3 Å². The van der Waals surface area contributed by atoms with Gasteiger partial charge in [0.25, 0.3) is 0 Å². The van der Waals surface area contributed by atoms with Crippen molar-refractivity contribution in [2.45, 2.75) is 6.92 Å². The van der Waals surface area contributed by atoms with Crippen molar-refractivity contribution in [1.29, 1.82) is 0 Å². The van der Waals surface area contributed by atoms with Gasteiger partial charge >= 0.3 is 0 Å². The summed E-state index contributed by atoms with van der Waals surface area (Å²) in [5.74, 6) is 1.53. The smallest absolute Gasteiger partial charge is 0.161 e. The highest BCUT2D eigenvalue weighted by Crippen LogP contribution is 2.25. The maximum Gasteiger partial charge on any atom is 0.161 e. The molecule has 0 radical (unpaired) electrons. The number of ether oxygens (including phenoxy) is 2. The minimum Gasteiger partial charge on any atom is -0.490 e. The lowest BCUT2D eigenvalue weighted by molar-refractivity contribution is 0.263. The van der Waals surface area contributed by atoms with Gasteiger partial charge in [0.1, 0.15) is 6.61 Å². The molecule has 0 unspecified atom stereocenters. The number of para-hydroxylation sites is 2. The Morgan fingerprint density at radius 1 is 1.12 bits per heavy atom. The summed E-state index contributed by atoms with van der Waals surface area (Å²) in [4.78, 5) is 0. The molecule has 16 heavy (non-hydrogen) atoms. The molecule has 0 spiro atoms. The summed E-state index contributed by atoms with van der Waals surface area (Å²) in [6, 6.07) is 7.61. The van der Waals surface area contributed by atoms with Gasteiger partial charge in [-0.25, -0.2) is 0 Å². The summed E-state index contributed by atoms with van der Waals surface area (Å²) in [7, 11) is 0. The molecule has 1 aromatic carbocycles. The molecule has 4 nitrogen and oxygen atoms in total. The summed E-state index contributed by atoms with van der Waals surface area (Å²) in [6.07, 6.45) is 0. The van der Waals surface area contributed by atoms with Crippen molar-refractivity contribution in [1.82, 2.24) is 5.32 Å². The molecule has 0 atom stereocenters. The number of nitrogens with one attached hydrogen (secondary N) is 1. The van der Waals surface area contributed by atoms with Gasteiger partial charge in [-0.3, -0.25) is 0 Å². The minimum atomic E-state index is 0.148. The molecule has 0 fully saturated rings. The van der Waals surface area contributed by atoms with Gasteiger partial charge in [-0.15, -0.1) is 0 Å². The normalized spacial score (nSPS) is 10.1. The zero-order chi connectivity index (χ0) is 11.6. The fourth-order valence-corrected chi connectivity index (χ4v) is 1.28. The Hall–Kier alpha value is -1.26. The van der Waals surface area contributed by atoms with Gasteiger partial charge in [-0.1, -0.05) is 12.1 Å². The van der Waals surface area contributed by atoms with Crippen molar-refractivity contribution >= 4 is 0 Å². The highest BCUT2D eigenvalue weighted by atomic mass is 16.5. The number of rotatable bonds is 8. The average Bonchev–Trinajstić information content (AvgIpc) is 2.31. The molecule has 0 amide bonds. The van der Waals surface area contributed by atoms with E-state index < -0.39 is 0 Å². The van der Waals surface area contributed by atoms with Crippen LogP contribution in [0, 0.1) is 0 Å². The Kier molecular flexibility index (Phi) is 6.37. The minimum absolute atomic E-state index is 0.148. The van der Waals surface area contributed by atoms with E-state index >= 15 is 0 Å². The largest absolute Gasteiger partial charge is 0.490 e. The highest BCUT2D eigenvalue weighted by Gasteiger charge is 2.02. The zero-order valence-corrected chi connectivity index (χ0v) is 9.61. The second-order valence-electron chi connectivity index (χ2n) is 3.20. The second-order valence-corrected chi connectivity index (χ2v) is 3.20. The topological polar surface area (TPSA) is 50.7 Å². The van der Waals surface area contributed by atoms with E-state index in [1.165, 1.54) is 0 Å². The van der Waals surface area contributed by atoms with E-state index in [2.05, 4.69) is 5.32 Å². The van der Waals surface area contributed by atoms with Crippen LogP contribution in [0.4, 0.5) is 0 Å². The Morgan fingerprint density at radius 2 is 1.81 bits per heavy atom. The number of aliphatic hydroxyl groups excluding tert-OH is 1. The molecule has 1 aromatic rings. The average molecular weight is 225 g/mol. The van der Waals surface area contributed by atoms with Crippen molar-refractivity contribution in [2.24, 2.45) is 0 Å². The standard InChI is InChI=1S/C12H19NO3/c1-2-15-11-5-3-4-6-12(11)16-10-8-13-7-9-14/h3-6,13-14H,2,7-10H2,1H3. The summed E-state index contributed by atoms with van der Waals surface area (Å²) >= 11 is 0. The van der Waals surface area contributed by atoms with Crippen molar-refractivity contribution in [3.8, 4) is 11.5 Å². The molecule has 1 rings (SSSR count). The Morgan fingerprint density at radius 3 is 2.44 bits per heavy atom. The zero-order valence-electron chi connectivity index (χ0n) is 9.61. The van der Waals surface area contributed by atoms with E-state index in [4.69, 9.17) is 14.6 Å². The molecule has 0 aliphatic rings. The summed E-state index contributed by atoms with van der Waals surface area (Å²) in [5.41, 5.74) is 0. The summed E-state index contributed by atoms with van der Waals surface area (Å²) in [6.45, 7) is 4.58. The number of hydrogen-bond acceptors (Lipinski definition) is 4. The monoisotopic (exact) mass is 225 g/mol. The van der Waals surface area contributed by atoms with E-state index in [1.54, 1.807) is 0 Å². The lowest BCUT2D eigenvalue weighted by Gasteiger charge is -2.11. The maximum absolute atomic E-state index is 8.57. The van der Waals surface area contributed by atoms with Crippen molar-refractivity contribution in [3.05, 3.63) is 24.3 Å². The molecule has 90 valence electrons. The van der Waals surface area contributed by atoms with Crippen LogP contribution in [0.5, 0.6) is 11.5 Å². The molecule has 0 saturated heterocycles. The van der Waals surface area contributed by atoms with Crippen LogP contribution >= 0.6 is 0 Å². The van der Waals surface area contributed by atoms with E-state index in [1.807, 2.05) is 31.2 Å². The summed E-state index contributed by atoms with van der Waals surface area (Å²) in [5, 5.41) is 11.6. The van der Waals surface area contributed by atoms with Crippen LogP contribution in [0.25, 0.3) is 0 Å². The molecular formula is C12H19NO3. The molecule has 0 aliphatic carbocycles. The van der Waals surface area contributed by atoms with Gasteiger partial charge in [-0.05, 0) is 19.1 Å². The number of aliphatic hydroxyl groups is 1. The first-order chi connectivity index (χ1) is 7.88. The van der Waals surface area contributed by atoms with Crippen LogP contribution in [0.1, 0.15) is 6.92 Å². The molecule has 0 saturated carbocycles. The van der Waals surface area contributed by atoms with Crippen LogP contribution in [0.3, 0.4) is 0 Å². The van der Waals surface area contributed by atoms with Gasteiger partial charge < -0.3 is 19.9 Å². The molecule has 0 aliphatic heterocycles. The lowest BCUT2D eigenvalue weighted by atomic mass is 10.3. The lowest BCUT2D eigenvalue weighted by Crippen LogP contribution is -2.24. The molecule has 2 N–H and O–H groups in total. The fourth-order valence-electron chi connectivity index (χ4n) is 1.28. The van der Waals surface area contributed by atoms with Crippen LogP contribution in [0.2, 0.25) is 0 Å². The van der Waals surface area contributed by atoms with Crippen LogP contribution in [0.15, 0.2) is 24.3 Å². The fraction of sp³-hybridized carbons (Fsp3) is 0.500. The van der Waals surface area contributed by atoms with Crippen LogP contribution in [-0.2, 0) is 0 Å². The maximum atomic E-state index is 8.57. The highest BCUT2D eigenvalue weighted by molar-refractivity contribution is 5.39. The van der Waals surface area contributed by atoms with E-state index in [0.717, 1.165) is 11.5 Å². The Labute approximate surface area is 96.2 Å². The first-order valence-electron chi connectivity index (χ1n) is 5.54. The van der Waals surface area contributed by atoms with Crippen LogP contribution in [-0.4, -0.2) is 38.0 Å². The third kappa shape index (κ3) is 4.51. The van der Waals surface area contributed by atoms with Crippen molar-refractivity contribution < 1.29 is 14.6 Å². The Balaban J connectivity index is 2.34. The van der Waals surface area contributed by atoms with Crippen molar-refractivity contribution in [2.75, 3.05) is 32.9 Å². The summed E-state index contributed by atoms with van der Waals surface area (Å²) < 4.78 is 11.0. The molecule has 0 bridgehead atoms. The third-order valence-electron chi connectivity index (χ3n) is 1.97. The number of hydrogen-bond donors (Lipinski definition) is 2. The molecular weight excluding hydrogens is 206 g/mol. The van der Waals surface area contributed by atoms with Crippen LogP contribution < -0.4 is 14.8 Å². The predicted octanol–water partition coefficient (Wildman–Crippen LogP) is 1.05. The van der Waals surface area contributed by atoms with E-state index in [9.17, 15) is 0 Å². The van der Waals surface area contributed by atoms with Gasteiger partial charge in [-0.2, -0.15) is 0 Å². The van der Waals surface area contributed by atoms with E-state index in [-0.39, 0.29) is 6.61 Å². The molecule has 0 aromatic heterocycles. The third-order valence-corrected chi connectivity index (χ3v) is 1.97. The first-order valence-corrected chi connectivity index (χ1v) is 5.54. The van der Waals surface area contributed by atoms with Crippen molar-refractivity contribution in [3.63, 3.8) is 0 Å². The van der Waals surface area contributed by atoms with Gasteiger partial charge in [0, 0.05) is 13.1 Å². The molecule has 0 heterocycles. The molecule has 4 heteroatoms. The predicted molar refractivity (Wildman–Crippen MR) is 63.1 cm³/mol. The second kappa shape index (κ2) is 7.96.